The Balaban J connectivity index is 1.16. The Morgan fingerprint density at radius 3 is 1.51 bits per heavy atom. The minimum absolute atomic E-state index is 0.00245. The van der Waals surface area contributed by atoms with Crippen LogP contribution in [-0.2, 0) is 51.4 Å². The van der Waals surface area contributed by atoms with Crippen molar-refractivity contribution >= 4 is 54.9 Å². The summed E-state index contributed by atoms with van der Waals surface area (Å²) in [5.74, 6) is -3.05. The van der Waals surface area contributed by atoms with Gasteiger partial charge in [0.1, 0.15) is 65.1 Å². The zero-order valence-corrected chi connectivity index (χ0v) is 47.1. The molecular weight excluding hydrogens is 1090 g/mol. The lowest BCUT2D eigenvalue weighted by Gasteiger charge is -2.31. The number of benzene rings is 2. The molecule has 2 amide bonds. The normalized spacial score (nSPS) is 14.1. The van der Waals surface area contributed by atoms with E-state index in [4.69, 9.17) is 9.47 Å². The van der Waals surface area contributed by atoms with E-state index in [1.807, 2.05) is 0 Å². The topological polar surface area (TPSA) is 307 Å². The number of aromatic nitrogens is 10. The SMILES string of the molecule is COc1ccc(F)cc1[C@@](O)(CO)Cn1c(=O)n(C(C)(C)C(=O)NC(C)C)c(=O)c2c(C)c(-n3ncc(CC(C)NC(=O)C(C)(C)n4c(=O)c5c(C)c(-n6nccn6)sc5n(C[C@@](O)(CO)c5cc(F)ccc5OC)c4=O)n3)sc21. The van der Waals surface area contributed by atoms with Gasteiger partial charge in [0.2, 0.25) is 11.8 Å². The van der Waals surface area contributed by atoms with Crippen molar-refractivity contribution in [3.63, 3.8) is 0 Å². The molecule has 0 aliphatic heterocycles. The van der Waals surface area contributed by atoms with E-state index in [2.05, 4.69) is 31.0 Å². The Labute approximate surface area is 461 Å². The average Bonchev–Trinajstić information content (AvgIpc) is 4.30. The summed E-state index contributed by atoms with van der Waals surface area (Å²) in [4.78, 5) is 89.7. The molecule has 0 saturated carbocycles. The number of fused-ring (bicyclic) bond motifs is 2. The number of halogens is 2. The number of carbonyl (C=O) groups excluding carboxylic acids is 2. The van der Waals surface area contributed by atoms with Crippen LogP contribution in [0.3, 0.4) is 0 Å². The van der Waals surface area contributed by atoms with Crippen LogP contribution in [0, 0.1) is 25.5 Å². The number of nitrogens with zero attached hydrogens (tertiary/aromatic N) is 10. The molecule has 0 saturated heterocycles. The molecule has 6 aromatic heterocycles. The fourth-order valence-electron chi connectivity index (χ4n) is 9.58. The van der Waals surface area contributed by atoms with Gasteiger partial charge in [0, 0.05) is 40.8 Å². The zero-order valence-electron chi connectivity index (χ0n) is 45.5. The van der Waals surface area contributed by atoms with Gasteiger partial charge in [-0.2, -0.15) is 20.4 Å². The number of ether oxygens (including phenoxy) is 2. The van der Waals surface area contributed by atoms with Gasteiger partial charge in [-0.15, -0.1) is 9.59 Å². The van der Waals surface area contributed by atoms with E-state index >= 15 is 0 Å². The molecule has 1 unspecified atom stereocenters. The molecule has 0 aliphatic rings. The summed E-state index contributed by atoms with van der Waals surface area (Å²) >= 11 is 1.82. The third-order valence-electron chi connectivity index (χ3n) is 13.9. The quantitative estimate of drug-likeness (QED) is 0.0638. The first-order valence-electron chi connectivity index (χ1n) is 24.9. The van der Waals surface area contributed by atoms with E-state index in [1.54, 1.807) is 34.6 Å². The molecule has 8 rings (SSSR count). The fourth-order valence-corrected chi connectivity index (χ4v) is 12.0. The van der Waals surface area contributed by atoms with Gasteiger partial charge >= 0.3 is 11.4 Å². The Hall–Kier alpha value is -7.76. The molecule has 0 bridgehead atoms. The van der Waals surface area contributed by atoms with Gasteiger partial charge < -0.3 is 40.5 Å². The number of aliphatic hydroxyl groups is 4. The van der Waals surface area contributed by atoms with E-state index in [0.717, 1.165) is 65.2 Å². The van der Waals surface area contributed by atoms with Crippen LogP contribution in [0.25, 0.3) is 30.4 Å². The Morgan fingerprint density at radius 2 is 1.10 bits per heavy atom. The van der Waals surface area contributed by atoms with Crippen LogP contribution in [0.5, 0.6) is 11.5 Å². The second-order valence-electron chi connectivity index (χ2n) is 20.8. The highest BCUT2D eigenvalue weighted by Gasteiger charge is 2.42. The summed E-state index contributed by atoms with van der Waals surface area (Å²) < 4.78 is 43.8. The number of rotatable bonds is 20. The number of aliphatic hydroxyl groups excluding tert-OH is 2. The predicted molar refractivity (Wildman–Crippen MR) is 291 cm³/mol. The second kappa shape index (κ2) is 21.7. The van der Waals surface area contributed by atoms with E-state index in [0.29, 0.717) is 16.3 Å². The Bertz CT molecular complexity index is 3970. The van der Waals surface area contributed by atoms with Gasteiger partial charge in [-0.05, 0) is 98.7 Å². The van der Waals surface area contributed by atoms with Crippen molar-refractivity contribution in [2.24, 2.45) is 0 Å². The standard InChI is InChI=1S/C52H60F2N12O12S2/c1-26(2)58-45(71)49(6,7)63-40(70)38-29(5)42(80-44(38)62(47(63)73)23-52(76,25-68)34-20-31(54)13-15-36(34)78-11)66-57-21-32(60-66)18-27(3)59-46(72)50(8,9)64-39(69)37-28(4)41(65-55-16-17-56-65)79-43(37)61(48(64)74)22-51(75,24-67)33-19-30(53)12-14-35(33)77-10/h12-17,19-21,26-27,67-68,75-76H,18,22-25H2,1-11H3,(H,58,71)(H,59,72)/t27?,51-,52+/m1/s1. The van der Waals surface area contributed by atoms with Crippen LogP contribution in [0.2, 0.25) is 0 Å². The van der Waals surface area contributed by atoms with Crippen molar-refractivity contribution in [1.82, 2.24) is 58.9 Å². The number of hydrogen-bond donors (Lipinski definition) is 6. The van der Waals surface area contributed by atoms with Crippen molar-refractivity contribution in [3.8, 4) is 21.5 Å². The molecule has 8 aromatic rings. The molecule has 6 heterocycles. The highest BCUT2D eigenvalue weighted by atomic mass is 32.1. The number of carbonyl (C=O) groups is 2. The van der Waals surface area contributed by atoms with Gasteiger partial charge in [0.15, 0.2) is 0 Å². The van der Waals surface area contributed by atoms with Crippen molar-refractivity contribution in [2.75, 3.05) is 27.4 Å². The smallest absolute Gasteiger partial charge is 0.333 e. The summed E-state index contributed by atoms with van der Waals surface area (Å²) in [5.41, 5.74) is -11.9. The molecular formula is C52H60F2N12O12S2. The second-order valence-corrected chi connectivity index (χ2v) is 22.7. The molecule has 426 valence electrons. The minimum Gasteiger partial charge on any atom is -0.496 e. The predicted octanol–water partition coefficient (Wildman–Crippen LogP) is 2.34. The maximum absolute atomic E-state index is 14.9. The monoisotopic (exact) mass is 1150 g/mol. The number of amides is 2. The van der Waals surface area contributed by atoms with Crippen LogP contribution in [0.4, 0.5) is 8.78 Å². The van der Waals surface area contributed by atoms with Gasteiger partial charge in [0.05, 0.1) is 75.6 Å². The van der Waals surface area contributed by atoms with Crippen LogP contribution < -0.4 is 42.6 Å². The van der Waals surface area contributed by atoms with E-state index in [-0.39, 0.29) is 66.1 Å². The summed E-state index contributed by atoms with van der Waals surface area (Å²) in [6.45, 7) is 10.1. The summed E-state index contributed by atoms with van der Waals surface area (Å²) in [7, 11) is 2.55. The first-order chi connectivity index (χ1) is 37.6. The number of thiophene rings is 2. The number of hydrogen-bond acceptors (Lipinski definition) is 18. The Morgan fingerprint density at radius 1 is 0.675 bits per heavy atom. The molecule has 6 N–H and O–H groups in total. The lowest BCUT2D eigenvalue weighted by Crippen LogP contribution is -2.57. The number of aryl methyl sites for hydroxylation is 2. The number of methoxy groups -OCH3 is 2. The van der Waals surface area contributed by atoms with Crippen molar-refractivity contribution in [2.45, 2.75) is 116 Å². The van der Waals surface area contributed by atoms with E-state index < -0.39 is 101 Å². The zero-order chi connectivity index (χ0) is 58.7. The summed E-state index contributed by atoms with van der Waals surface area (Å²) in [6.07, 6.45) is 4.21. The van der Waals surface area contributed by atoms with Crippen LogP contribution in [0.1, 0.15) is 76.4 Å². The first-order valence-corrected chi connectivity index (χ1v) is 26.6. The Kier molecular flexibility index (Phi) is 15.8. The summed E-state index contributed by atoms with van der Waals surface area (Å²) in [6, 6.07) is 5.41. The van der Waals surface area contributed by atoms with E-state index in [1.165, 1.54) is 82.2 Å². The van der Waals surface area contributed by atoms with Crippen LogP contribution in [0.15, 0.2) is 74.2 Å². The largest absolute Gasteiger partial charge is 0.496 e. The molecule has 3 atom stereocenters. The maximum atomic E-state index is 14.9. The highest BCUT2D eigenvalue weighted by molar-refractivity contribution is 7.21. The molecule has 24 nitrogen and oxygen atoms in total. The highest BCUT2D eigenvalue weighted by Crippen LogP contribution is 2.38. The molecule has 0 fully saturated rings. The molecule has 0 aliphatic carbocycles. The molecule has 28 heteroatoms. The van der Waals surface area contributed by atoms with Gasteiger partial charge in [-0.25, -0.2) is 27.5 Å². The third kappa shape index (κ3) is 10.1. The van der Waals surface area contributed by atoms with Crippen molar-refractivity contribution in [1.29, 1.82) is 0 Å². The minimum atomic E-state index is -2.40. The van der Waals surface area contributed by atoms with Gasteiger partial charge in [-0.1, -0.05) is 22.7 Å². The van der Waals surface area contributed by atoms with Crippen molar-refractivity contribution < 1.29 is 48.3 Å². The number of nitrogens with one attached hydrogen (secondary N) is 2. The van der Waals surface area contributed by atoms with E-state index in [9.17, 15) is 58.0 Å². The average molecular weight is 1150 g/mol. The lowest BCUT2D eigenvalue weighted by molar-refractivity contribution is -0.130. The maximum Gasteiger partial charge on any atom is 0.333 e. The van der Waals surface area contributed by atoms with Crippen LogP contribution >= 0.6 is 22.7 Å². The molecule has 0 spiro atoms. The van der Waals surface area contributed by atoms with Crippen LogP contribution in [-0.4, -0.2) is 120 Å². The van der Waals surface area contributed by atoms with Gasteiger partial charge in [-0.3, -0.25) is 28.3 Å². The fraction of sp³-hybridized carbons (Fsp3) is 0.423. The molecule has 0 radical (unpaired) electrons. The third-order valence-corrected chi connectivity index (χ3v) is 16.5. The molecule has 80 heavy (non-hydrogen) atoms. The van der Waals surface area contributed by atoms with Gasteiger partial charge in [0.25, 0.3) is 11.1 Å². The lowest BCUT2D eigenvalue weighted by atomic mass is 9.93. The van der Waals surface area contributed by atoms with Crippen molar-refractivity contribution in [3.05, 3.63) is 136 Å². The summed E-state index contributed by atoms with van der Waals surface area (Å²) in [5, 5.41) is 69.2. The first kappa shape index (κ1) is 58.4. The molecule has 2 aromatic carbocycles.